The zero-order chi connectivity index (χ0) is 26.2. The van der Waals surface area contributed by atoms with Crippen molar-refractivity contribution in [2.45, 2.75) is 51.5 Å². The third kappa shape index (κ3) is 6.98. The summed E-state index contributed by atoms with van der Waals surface area (Å²) < 4.78 is 5.06. The number of fused-ring (bicyclic) bond motifs is 1. The first-order valence-electron chi connectivity index (χ1n) is 13.1. The minimum atomic E-state index is -0.714. The van der Waals surface area contributed by atoms with Crippen molar-refractivity contribution in [2.75, 3.05) is 18.5 Å². The van der Waals surface area contributed by atoms with E-state index in [1.807, 2.05) is 30.3 Å². The standard InChI is InChI=1S/C29H36N4O4/c1-2-37-29(36)26-18-22-17-23(12-13-24(22)32-26)31-28(35)25(16-20-6-4-3-5-7-20)33-27(34)21-10-8-19(9-11-21)14-15-30/h3-7,12-13,17-19,21,25,32H,2,8-11,14-16,30H2,1H3,(H,31,35)(H,33,34)/t19?,21?,25-/m0/s1. The van der Waals surface area contributed by atoms with E-state index in [1.165, 1.54) is 0 Å². The third-order valence-electron chi connectivity index (χ3n) is 7.09. The fourth-order valence-corrected chi connectivity index (χ4v) is 5.06. The van der Waals surface area contributed by atoms with E-state index in [2.05, 4.69) is 15.6 Å². The van der Waals surface area contributed by atoms with Gasteiger partial charge in [-0.05, 0) is 81.3 Å². The number of amides is 2. The molecule has 3 aromatic rings. The number of carbonyl (C=O) groups excluding carboxylic acids is 3. The summed E-state index contributed by atoms with van der Waals surface area (Å²) in [5, 5.41) is 6.76. The summed E-state index contributed by atoms with van der Waals surface area (Å²) >= 11 is 0. The number of H-pyrrole nitrogens is 1. The highest BCUT2D eigenvalue weighted by atomic mass is 16.5. The van der Waals surface area contributed by atoms with Gasteiger partial charge in [0.05, 0.1) is 6.61 Å². The second-order valence-electron chi connectivity index (χ2n) is 9.74. The summed E-state index contributed by atoms with van der Waals surface area (Å²) in [5.74, 6) is -0.272. The maximum Gasteiger partial charge on any atom is 0.354 e. The van der Waals surface area contributed by atoms with E-state index in [4.69, 9.17) is 10.5 Å². The number of anilines is 1. The molecule has 196 valence electrons. The Morgan fingerprint density at radius 3 is 2.51 bits per heavy atom. The summed E-state index contributed by atoms with van der Waals surface area (Å²) in [6, 6.07) is 16.0. The predicted octanol–water partition coefficient (Wildman–Crippen LogP) is 4.17. The normalized spacial score (nSPS) is 18.2. The molecule has 1 saturated carbocycles. The molecule has 0 unspecified atom stereocenters. The van der Waals surface area contributed by atoms with Crippen molar-refractivity contribution in [1.29, 1.82) is 0 Å². The molecule has 1 atom stereocenters. The summed E-state index contributed by atoms with van der Waals surface area (Å²) in [6.45, 7) is 2.73. The maximum absolute atomic E-state index is 13.4. The van der Waals surface area contributed by atoms with E-state index in [0.29, 0.717) is 36.9 Å². The molecular weight excluding hydrogens is 468 g/mol. The molecule has 37 heavy (non-hydrogen) atoms. The van der Waals surface area contributed by atoms with Crippen LogP contribution in [0.15, 0.2) is 54.6 Å². The fraction of sp³-hybridized carbons (Fsp3) is 0.414. The number of nitrogens with two attached hydrogens (primary N) is 1. The maximum atomic E-state index is 13.4. The van der Waals surface area contributed by atoms with E-state index < -0.39 is 12.0 Å². The summed E-state index contributed by atoms with van der Waals surface area (Å²) in [7, 11) is 0. The smallest absolute Gasteiger partial charge is 0.354 e. The lowest BCUT2D eigenvalue weighted by molar-refractivity contribution is -0.130. The molecular formula is C29H36N4O4. The van der Waals surface area contributed by atoms with Crippen LogP contribution in [0.25, 0.3) is 10.9 Å². The number of ether oxygens (including phenoxy) is 1. The Bertz CT molecular complexity index is 1220. The molecule has 2 aromatic carbocycles. The van der Waals surface area contributed by atoms with Crippen LogP contribution in [0.5, 0.6) is 0 Å². The predicted molar refractivity (Wildman–Crippen MR) is 144 cm³/mol. The highest BCUT2D eigenvalue weighted by Gasteiger charge is 2.29. The molecule has 4 rings (SSSR count). The second kappa shape index (κ2) is 12.5. The number of esters is 1. The zero-order valence-electron chi connectivity index (χ0n) is 21.3. The van der Waals surface area contributed by atoms with Crippen molar-refractivity contribution in [2.24, 2.45) is 17.6 Å². The van der Waals surface area contributed by atoms with Crippen molar-refractivity contribution >= 4 is 34.4 Å². The van der Waals surface area contributed by atoms with Gasteiger partial charge in [-0.3, -0.25) is 9.59 Å². The molecule has 0 bridgehead atoms. The minimum absolute atomic E-state index is 0.0672. The molecule has 1 fully saturated rings. The molecule has 0 radical (unpaired) electrons. The first kappa shape index (κ1) is 26.4. The van der Waals surface area contributed by atoms with Crippen molar-refractivity contribution in [3.05, 3.63) is 65.9 Å². The average Bonchev–Trinajstić information content (AvgIpc) is 3.33. The summed E-state index contributed by atoms with van der Waals surface area (Å²) in [6.07, 6.45) is 5.03. The van der Waals surface area contributed by atoms with E-state index in [9.17, 15) is 14.4 Å². The van der Waals surface area contributed by atoms with Gasteiger partial charge in [0.15, 0.2) is 0 Å². The second-order valence-corrected chi connectivity index (χ2v) is 9.74. The van der Waals surface area contributed by atoms with Gasteiger partial charge < -0.3 is 26.1 Å². The lowest BCUT2D eigenvalue weighted by atomic mass is 9.80. The van der Waals surface area contributed by atoms with Gasteiger partial charge in [-0.25, -0.2) is 4.79 Å². The number of carbonyl (C=O) groups is 3. The largest absolute Gasteiger partial charge is 0.461 e. The van der Waals surface area contributed by atoms with Gasteiger partial charge in [0.25, 0.3) is 0 Å². The highest BCUT2D eigenvalue weighted by Crippen LogP contribution is 2.30. The topological polar surface area (TPSA) is 126 Å². The van der Waals surface area contributed by atoms with Gasteiger partial charge in [-0.15, -0.1) is 0 Å². The van der Waals surface area contributed by atoms with Crippen LogP contribution in [0.1, 0.15) is 55.1 Å². The monoisotopic (exact) mass is 504 g/mol. The number of benzene rings is 2. The minimum Gasteiger partial charge on any atom is -0.461 e. The van der Waals surface area contributed by atoms with E-state index in [1.54, 1.807) is 31.2 Å². The van der Waals surface area contributed by atoms with Gasteiger partial charge in [0, 0.05) is 28.9 Å². The van der Waals surface area contributed by atoms with Crippen LogP contribution in [0.4, 0.5) is 5.69 Å². The number of hydrogen-bond donors (Lipinski definition) is 4. The highest BCUT2D eigenvalue weighted by molar-refractivity contribution is 6.00. The molecule has 8 heteroatoms. The molecule has 0 spiro atoms. The SMILES string of the molecule is CCOC(=O)c1cc2cc(NC(=O)[C@H](Cc3ccccc3)NC(=O)C3CCC(CCN)CC3)ccc2[nH]1. The molecule has 1 aromatic heterocycles. The molecule has 1 aliphatic carbocycles. The van der Waals surface area contributed by atoms with Crippen LogP contribution in [0.2, 0.25) is 0 Å². The van der Waals surface area contributed by atoms with Crippen LogP contribution < -0.4 is 16.4 Å². The number of aromatic nitrogens is 1. The Kier molecular flexibility index (Phi) is 8.95. The van der Waals surface area contributed by atoms with Crippen molar-refractivity contribution in [3.63, 3.8) is 0 Å². The first-order valence-corrected chi connectivity index (χ1v) is 13.1. The molecule has 1 aliphatic rings. The van der Waals surface area contributed by atoms with E-state index in [0.717, 1.165) is 48.6 Å². The quantitative estimate of drug-likeness (QED) is 0.308. The Hall–Kier alpha value is -3.65. The van der Waals surface area contributed by atoms with Crippen LogP contribution in [0, 0.1) is 11.8 Å². The molecule has 0 aliphatic heterocycles. The number of hydrogen-bond acceptors (Lipinski definition) is 5. The van der Waals surface area contributed by atoms with E-state index >= 15 is 0 Å². The number of aromatic amines is 1. The van der Waals surface area contributed by atoms with Crippen molar-refractivity contribution in [3.8, 4) is 0 Å². The fourth-order valence-electron chi connectivity index (χ4n) is 5.06. The van der Waals surface area contributed by atoms with Gasteiger partial charge >= 0.3 is 5.97 Å². The van der Waals surface area contributed by atoms with Crippen molar-refractivity contribution < 1.29 is 19.1 Å². The molecule has 0 saturated heterocycles. The Balaban J connectivity index is 1.46. The van der Waals surface area contributed by atoms with Gasteiger partial charge in [-0.2, -0.15) is 0 Å². The first-order chi connectivity index (χ1) is 18.0. The summed E-state index contributed by atoms with van der Waals surface area (Å²) in [4.78, 5) is 41.6. The molecule has 1 heterocycles. The number of nitrogens with one attached hydrogen (secondary N) is 3. The van der Waals surface area contributed by atoms with E-state index in [-0.39, 0.29) is 17.7 Å². The van der Waals surface area contributed by atoms with Crippen LogP contribution in [-0.4, -0.2) is 42.0 Å². The van der Waals surface area contributed by atoms with Crippen LogP contribution >= 0.6 is 0 Å². The van der Waals surface area contributed by atoms with Crippen LogP contribution in [-0.2, 0) is 20.7 Å². The summed E-state index contributed by atoms with van der Waals surface area (Å²) in [5.41, 5.74) is 8.37. The Labute approximate surface area is 217 Å². The van der Waals surface area contributed by atoms with Gasteiger partial charge in [0.2, 0.25) is 11.8 Å². The molecule has 5 N–H and O–H groups in total. The Morgan fingerprint density at radius 1 is 1.05 bits per heavy atom. The van der Waals surface area contributed by atoms with Gasteiger partial charge in [0.1, 0.15) is 11.7 Å². The van der Waals surface area contributed by atoms with Crippen molar-refractivity contribution in [1.82, 2.24) is 10.3 Å². The lowest BCUT2D eigenvalue weighted by Crippen LogP contribution is -2.47. The lowest BCUT2D eigenvalue weighted by Gasteiger charge is -2.29. The van der Waals surface area contributed by atoms with Gasteiger partial charge in [-0.1, -0.05) is 30.3 Å². The average molecular weight is 505 g/mol. The third-order valence-corrected chi connectivity index (χ3v) is 7.09. The zero-order valence-corrected chi connectivity index (χ0v) is 21.3. The number of rotatable bonds is 10. The molecule has 2 amide bonds. The Morgan fingerprint density at radius 2 is 1.81 bits per heavy atom. The molecule has 8 nitrogen and oxygen atoms in total. The van der Waals surface area contributed by atoms with Crippen LogP contribution in [0.3, 0.4) is 0 Å².